The maximum atomic E-state index is 12.0. The Morgan fingerprint density at radius 1 is 1.00 bits per heavy atom. The molecule has 6 heteroatoms. The number of benzene rings is 1. The van der Waals surface area contributed by atoms with E-state index >= 15 is 0 Å². The molecule has 0 aliphatic heterocycles. The molecule has 2 rings (SSSR count). The topological polar surface area (TPSA) is 80.3 Å². The molecule has 2 amide bonds. The Labute approximate surface area is 128 Å². The van der Waals surface area contributed by atoms with Crippen LogP contribution in [0.25, 0.3) is 0 Å². The van der Waals surface area contributed by atoms with Gasteiger partial charge in [0.05, 0.1) is 6.61 Å². The molecule has 22 heavy (non-hydrogen) atoms. The van der Waals surface area contributed by atoms with E-state index in [1.807, 2.05) is 0 Å². The van der Waals surface area contributed by atoms with Crippen molar-refractivity contribution in [3.8, 4) is 0 Å². The Morgan fingerprint density at radius 3 is 2.27 bits per heavy atom. The lowest BCUT2D eigenvalue weighted by Gasteiger charge is -2.07. The Morgan fingerprint density at radius 2 is 1.64 bits per heavy atom. The Balaban J connectivity index is 1.94. The number of rotatable bonds is 6. The van der Waals surface area contributed by atoms with Crippen molar-refractivity contribution in [2.24, 2.45) is 0 Å². The van der Waals surface area contributed by atoms with E-state index in [9.17, 15) is 9.59 Å². The summed E-state index contributed by atoms with van der Waals surface area (Å²) in [4.78, 5) is 27.7. The van der Waals surface area contributed by atoms with Gasteiger partial charge in [-0.15, -0.1) is 0 Å². The number of carbonyl (C=O) groups is 2. The van der Waals surface area contributed by atoms with E-state index in [2.05, 4.69) is 15.6 Å². The summed E-state index contributed by atoms with van der Waals surface area (Å²) in [5.74, 6) is -0.399. The molecule has 114 valence electrons. The minimum absolute atomic E-state index is 0.177. The normalized spacial score (nSPS) is 10.0. The van der Waals surface area contributed by atoms with Crippen molar-refractivity contribution in [1.29, 1.82) is 0 Å². The second-order valence-electron chi connectivity index (χ2n) is 4.52. The molecule has 0 bridgehead atoms. The van der Waals surface area contributed by atoms with Crippen molar-refractivity contribution in [3.63, 3.8) is 0 Å². The average Bonchev–Trinajstić information content (AvgIpc) is 2.56. The number of nitrogens with one attached hydrogen (secondary N) is 2. The lowest BCUT2D eigenvalue weighted by Crippen LogP contribution is -2.26. The monoisotopic (exact) mass is 299 g/mol. The van der Waals surface area contributed by atoms with Gasteiger partial charge in [0.25, 0.3) is 11.8 Å². The summed E-state index contributed by atoms with van der Waals surface area (Å²) >= 11 is 0. The van der Waals surface area contributed by atoms with Gasteiger partial charge in [0.2, 0.25) is 0 Å². The predicted molar refractivity (Wildman–Crippen MR) is 82.8 cm³/mol. The molecule has 0 spiro atoms. The highest BCUT2D eigenvalue weighted by molar-refractivity contribution is 6.04. The second kappa shape index (κ2) is 7.90. The Hall–Kier alpha value is -2.73. The van der Waals surface area contributed by atoms with Crippen LogP contribution in [-0.2, 0) is 4.74 Å². The van der Waals surface area contributed by atoms with Gasteiger partial charge in [-0.3, -0.25) is 14.6 Å². The standard InChI is InChI=1S/C16H17N3O3/c1-22-11-10-18-15(20)12-2-4-14(5-3-12)19-16(21)13-6-8-17-9-7-13/h2-9H,10-11H2,1H3,(H,18,20)(H,19,21). The third-order valence-electron chi connectivity index (χ3n) is 2.94. The summed E-state index contributed by atoms with van der Waals surface area (Å²) in [6.07, 6.45) is 3.12. The fourth-order valence-corrected chi connectivity index (χ4v) is 1.78. The van der Waals surface area contributed by atoms with Gasteiger partial charge in [-0.2, -0.15) is 0 Å². The predicted octanol–water partition coefficient (Wildman–Crippen LogP) is 1.71. The third kappa shape index (κ3) is 4.39. The summed E-state index contributed by atoms with van der Waals surface area (Å²) in [5.41, 5.74) is 1.67. The molecule has 0 fully saturated rings. The van der Waals surface area contributed by atoms with Crippen molar-refractivity contribution in [2.45, 2.75) is 0 Å². The first-order valence-corrected chi connectivity index (χ1v) is 6.79. The number of methoxy groups -OCH3 is 1. The van der Waals surface area contributed by atoms with E-state index in [1.165, 1.54) is 0 Å². The van der Waals surface area contributed by atoms with Gasteiger partial charge in [0.1, 0.15) is 0 Å². The number of nitrogens with zero attached hydrogens (tertiary/aromatic N) is 1. The smallest absolute Gasteiger partial charge is 0.255 e. The van der Waals surface area contributed by atoms with Gasteiger partial charge in [-0.25, -0.2) is 0 Å². The number of aromatic nitrogens is 1. The summed E-state index contributed by atoms with van der Waals surface area (Å²) in [7, 11) is 1.58. The molecule has 0 unspecified atom stereocenters. The summed E-state index contributed by atoms with van der Waals surface area (Å²) in [5, 5.41) is 5.49. The molecule has 0 radical (unpaired) electrons. The highest BCUT2D eigenvalue weighted by atomic mass is 16.5. The van der Waals surface area contributed by atoms with Crippen LogP contribution in [0.15, 0.2) is 48.8 Å². The zero-order valence-corrected chi connectivity index (χ0v) is 12.2. The molecule has 2 aromatic rings. The highest BCUT2D eigenvalue weighted by Crippen LogP contribution is 2.11. The Bertz CT molecular complexity index is 627. The van der Waals surface area contributed by atoms with Crippen LogP contribution in [0.3, 0.4) is 0 Å². The minimum Gasteiger partial charge on any atom is -0.383 e. The number of amides is 2. The average molecular weight is 299 g/mol. The molecule has 0 aliphatic carbocycles. The first kappa shape index (κ1) is 15.7. The number of pyridine rings is 1. The summed E-state index contributed by atoms with van der Waals surface area (Å²) < 4.78 is 4.87. The van der Waals surface area contributed by atoms with Crippen LogP contribution < -0.4 is 10.6 Å². The van der Waals surface area contributed by atoms with Crippen LogP contribution in [0.1, 0.15) is 20.7 Å². The van der Waals surface area contributed by atoms with Crippen LogP contribution in [0, 0.1) is 0 Å². The SMILES string of the molecule is COCCNC(=O)c1ccc(NC(=O)c2ccncc2)cc1. The van der Waals surface area contributed by atoms with Crippen molar-refractivity contribution in [3.05, 3.63) is 59.9 Å². The largest absolute Gasteiger partial charge is 0.383 e. The number of hydrogen-bond acceptors (Lipinski definition) is 4. The zero-order chi connectivity index (χ0) is 15.8. The minimum atomic E-state index is -0.223. The van der Waals surface area contributed by atoms with Gasteiger partial charge < -0.3 is 15.4 Å². The molecule has 0 aliphatic rings. The van der Waals surface area contributed by atoms with E-state index in [1.54, 1.807) is 55.9 Å². The fraction of sp³-hybridized carbons (Fsp3) is 0.188. The van der Waals surface area contributed by atoms with Crippen LogP contribution in [0.2, 0.25) is 0 Å². The maximum Gasteiger partial charge on any atom is 0.255 e. The van der Waals surface area contributed by atoms with Crippen molar-refractivity contribution < 1.29 is 14.3 Å². The van der Waals surface area contributed by atoms with E-state index < -0.39 is 0 Å². The van der Waals surface area contributed by atoms with E-state index in [4.69, 9.17) is 4.74 Å². The quantitative estimate of drug-likeness (QED) is 0.796. The fourth-order valence-electron chi connectivity index (χ4n) is 1.78. The molecule has 6 nitrogen and oxygen atoms in total. The molecule has 0 saturated heterocycles. The first-order valence-electron chi connectivity index (χ1n) is 6.79. The Kier molecular flexibility index (Phi) is 5.62. The van der Waals surface area contributed by atoms with Crippen LogP contribution >= 0.6 is 0 Å². The van der Waals surface area contributed by atoms with Gasteiger partial charge in [0.15, 0.2) is 0 Å². The van der Waals surface area contributed by atoms with E-state index in [0.717, 1.165) is 0 Å². The number of carbonyl (C=O) groups excluding carboxylic acids is 2. The highest BCUT2D eigenvalue weighted by Gasteiger charge is 2.07. The molecule has 0 atom stereocenters. The summed E-state index contributed by atoms with van der Waals surface area (Å²) in [6.45, 7) is 0.918. The molecule has 1 aromatic heterocycles. The number of ether oxygens (including phenoxy) is 1. The van der Waals surface area contributed by atoms with Crippen LogP contribution in [-0.4, -0.2) is 37.1 Å². The molecule has 0 saturated carbocycles. The number of hydrogen-bond donors (Lipinski definition) is 2. The second-order valence-corrected chi connectivity index (χ2v) is 4.52. The summed E-state index contributed by atoms with van der Waals surface area (Å²) in [6, 6.07) is 9.95. The van der Waals surface area contributed by atoms with Gasteiger partial charge in [0, 0.05) is 42.9 Å². The zero-order valence-electron chi connectivity index (χ0n) is 12.2. The van der Waals surface area contributed by atoms with E-state index in [0.29, 0.717) is 30.0 Å². The van der Waals surface area contributed by atoms with Crippen molar-refractivity contribution in [1.82, 2.24) is 10.3 Å². The van der Waals surface area contributed by atoms with Crippen LogP contribution in [0.5, 0.6) is 0 Å². The van der Waals surface area contributed by atoms with Gasteiger partial charge in [-0.05, 0) is 36.4 Å². The third-order valence-corrected chi connectivity index (χ3v) is 2.94. The van der Waals surface area contributed by atoms with Crippen molar-refractivity contribution in [2.75, 3.05) is 25.6 Å². The van der Waals surface area contributed by atoms with Crippen molar-refractivity contribution >= 4 is 17.5 Å². The first-order chi connectivity index (χ1) is 10.7. The van der Waals surface area contributed by atoms with Gasteiger partial charge >= 0.3 is 0 Å². The lowest BCUT2D eigenvalue weighted by atomic mass is 10.2. The molecule has 2 N–H and O–H groups in total. The molecule has 1 heterocycles. The van der Waals surface area contributed by atoms with Crippen LogP contribution in [0.4, 0.5) is 5.69 Å². The molecular formula is C16H17N3O3. The van der Waals surface area contributed by atoms with Gasteiger partial charge in [-0.1, -0.05) is 0 Å². The molecular weight excluding hydrogens is 282 g/mol. The lowest BCUT2D eigenvalue weighted by molar-refractivity contribution is 0.0936. The van der Waals surface area contributed by atoms with E-state index in [-0.39, 0.29) is 11.8 Å². The maximum absolute atomic E-state index is 12.0. The number of anilines is 1. The molecule has 1 aromatic carbocycles.